The second-order valence-corrected chi connectivity index (χ2v) is 13.0. The van der Waals surface area contributed by atoms with Gasteiger partial charge in [0.2, 0.25) is 0 Å². The Hall–Kier alpha value is -1.31. The third-order valence-corrected chi connectivity index (χ3v) is 5.15. The Morgan fingerprint density at radius 3 is 2.22 bits per heavy atom. The van der Waals surface area contributed by atoms with Crippen LogP contribution in [-0.2, 0) is 14.3 Å². The Bertz CT molecular complexity index is 603. The van der Waals surface area contributed by atoms with Gasteiger partial charge in [0.1, 0.15) is 8.07 Å². The summed E-state index contributed by atoms with van der Waals surface area (Å²) in [7, 11) is -1.25. The van der Waals surface area contributed by atoms with Crippen LogP contribution in [0.1, 0.15) is 59.3 Å². The van der Waals surface area contributed by atoms with Crippen LogP contribution in [0, 0.1) is 11.5 Å². The minimum atomic E-state index is -1.25. The van der Waals surface area contributed by atoms with Crippen molar-refractivity contribution in [3.05, 3.63) is 23.3 Å². The number of unbranched alkanes of at least 4 members (excludes halogenated alkanes) is 1. The number of ketones is 1. The zero-order chi connectivity index (χ0) is 20.9. The molecular formula is C22H35ClO3Si. The van der Waals surface area contributed by atoms with Crippen LogP contribution in [0.15, 0.2) is 23.3 Å². The van der Waals surface area contributed by atoms with Crippen molar-refractivity contribution in [2.45, 2.75) is 84.3 Å². The fourth-order valence-electron chi connectivity index (χ4n) is 2.26. The molecule has 5 heteroatoms. The van der Waals surface area contributed by atoms with Crippen molar-refractivity contribution >= 4 is 31.4 Å². The molecule has 1 atom stereocenters. The highest BCUT2D eigenvalue weighted by atomic mass is 35.5. The molecule has 27 heavy (non-hydrogen) atoms. The van der Waals surface area contributed by atoms with Gasteiger partial charge in [0.25, 0.3) is 0 Å². The minimum Gasteiger partial charge on any atom is -0.465 e. The lowest BCUT2D eigenvalue weighted by Crippen LogP contribution is -2.26. The molecule has 0 amide bonds. The minimum absolute atomic E-state index is 0.228. The van der Waals surface area contributed by atoms with Gasteiger partial charge in [-0.1, -0.05) is 42.9 Å². The lowest BCUT2D eigenvalue weighted by Gasteiger charge is -2.08. The van der Waals surface area contributed by atoms with Crippen LogP contribution in [0.25, 0.3) is 0 Å². The van der Waals surface area contributed by atoms with E-state index in [-0.39, 0.29) is 18.8 Å². The Balaban J connectivity index is 4.16. The Morgan fingerprint density at radius 2 is 1.63 bits per heavy atom. The van der Waals surface area contributed by atoms with Gasteiger partial charge in [-0.25, -0.2) is 4.79 Å². The lowest BCUT2D eigenvalue weighted by atomic mass is 10.0. The summed E-state index contributed by atoms with van der Waals surface area (Å²) in [5.41, 5.74) is 5.89. The van der Waals surface area contributed by atoms with E-state index in [0.29, 0.717) is 6.42 Å². The second-order valence-electron chi connectivity index (χ2n) is 7.81. The number of esters is 1. The number of hydrogen-bond acceptors (Lipinski definition) is 3. The molecule has 0 radical (unpaired) electrons. The van der Waals surface area contributed by atoms with E-state index in [9.17, 15) is 9.59 Å². The third-order valence-electron chi connectivity index (χ3n) is 3.80. The van der Waals surface area contributed by atoms with E-state index in [1.165, 1.54) is 5.57 Å². The Morgan fingerprint density at radius 1 is 1.04 bits per heavy atom. The molecule has 0 fully saturated rings. The number of halogens is 1. The van der Waals surface area contributed by atoms with E-state index in [2.05, 4.69) is 50.2 Å². The van der Waals surface area contributed by atoms with Crippen LogP contribution in [-0.4, -0.2) is 31.8 Å². The summed E-state index contributed by atoms with van der Waals surface area (Å²) >= 11 is 5.83. The number of rotatable bonds is 11. The van der Waals surface area contributed by atoms with Gasteiger partial charge < -0.3 is 4.74 Å². The van der Waals surface area contributed by atoms with Crippen molar-refractivity contribution in [3.63, 3.8) is 0 Å². The number of allylic oxidation sites excluding steroid dienone is 4. The van der Waals surface area contributed by atoms with Crippen molar-refractivity contribution in [1.82, 2.24) is 0 Å². The molecule has 0 aromatic rings. The summed E-state index contributed by atoms with van der Waals surface area (Å²) in [6.07, 6.45) is 9.20. The van der Waals surface area contributed by atoms with Crippen LogP contribution >= 0.6 is 11.6 Å². The first-order valence-corrected chi connectivity index (χ1v) is 13.6. The normalized spacial score (nSPS) is 13.6. The maximum atomic E-state index is 11.9. The van der Waals surface area contributed by atoms with Gasteiger partial charge in [-0.2, -0.15) is 0 Å². The number of alkyl halides is 1. The van der Waals surface area contributed by atoms with E-state index in [1.54, 1.807) is 6.92 Å². The van der Waals surface area contributed by atoms with Crippen molar-refractivity contribution in [2.24, 2.45) is 0 Å². The fourth-order valence-corrected chi connectivity index (χ4v) is 3.09. The van der Waals surface area contributed by atoms with Gasteiger partial charge in [0.05, 0.1) is 6.61 Å². The molecule has 0 aliphatic carbocycles. The second kappa shape index (κ2) is 13.8. The molecule has 0 saturated carbocycles. The predicted octanol–water partition coefficient (Wildman–Crippen LogP) is 5.84. The maximum absolute atomic E-state index is 11.9. The van der Waals surface area contributed by atoms with Crippen LogP contribution in [0.3, 0.4) is 0 Å². The molecule has 3 nitrogen and oxygen atoms in total. The zero-order valence-electron chi connectivity index (χ0n) is 17.8. The zero-order valence-corrected chi connectivity index (χ0v) is 19.5. The molecule has 0 saturated heterocycles. The smallest absolute Gasteiger partial charge is 0.331 e. The van der Waals surface area contributed by atoms with Gasteiger partial charge in [-0.05, 0) is 46.5 Å². The molecule has 0 aliphatic heterocycles. The summed E-state index contributed by atoms with van der Waals surface area (Å²) < 4.78 is 4.77. The van der Waals surface area contributed by atoms with Crippen molar-refractivity contribution < 1.29 is 14.3 Å². The maximum Gasteiger partial charge on any atom is 0.331 e. The number of Topliss-reactive ketones (excluding diaryl/α,β-unsaturated/α-hetero) is 1. The Labute approximate surface area is 171 Å². The topological polar surface area (TPSA) is 43.4 Å². The quantitative estimate of drug-likeness (QED) is 0.0817. The number of carbonyl (C=O) groups is 2. The standard InChI is InChI=1S/C22H35ClO3Si/c1-7-26-22(25)21(23)20(24)16-15-19(3)14-11-13-18(2)12-9-8-10-17-27(4,5)6/h12,14,21H,7-9,11,13,15-16H2,1-6H3/b18-12+,19-14+. The summed E-state index contributed by atoms with van der Waals surface area (Å²) in [6.45, 7) is 12.8. The van der Waals surface area contributed by atoms with E-state index < -0.39 is 19.4 Å². The average Bonchev–Trinajstić information content (AvgIpc) is 2.57. The molecule has 0 heterocycles. The van der Waals surface area contributed by atoms with E-state index in [4.69, 9.17) is 16.3 Å². The molecule has 0 aromatic carbocycles. The highest BCUT2D eigenvalue weighted by molar-refractivity contribution is 6.83. The highest BCUT2D eigenvalue weighted by Gasteiger charge is 2.24. The number of carbonyl (C=O) groups excluding carboxylic acids is 2. The van der Waals surface area contributed by atoms with Gasteiger partial charge >= 0.3 is 5.97 Å². The third kappa shape index (κ3) is 14.4. The van der Waals surface area contributed by atoms with Crippen LogP contribution in [0.4, 0.5) is 0 Å². The lowest BCUT2D eigenvalue weighted by molar-refractivity contribution is -0.145. The Kier molecular flexibility index (Phi) is 13.1. The highest BCUT2D eigenvalue weighted by Crippen LogP contribution is 2.13. The van der Waals surface area contributed by atoms with Gasteiger partial charge in [0.15, 0.2) is 11.2 Å². The van der Waals surface area contributed by atoms with Crippen molar-refractivity contribution in [3.8, 4) is 11.5 Å². The van der Waals surface area contributed by atoms with Crippen LogP contribution < -0.4 is 0 Å². The molecule has 0 bridgehead atoms. The first kappa shape index (κ1) is 25.7. The molecule has 0 aromatic heterocycles. The van der Waals surface area contributed by atoms with Gasteiger partial charge in [-0.3, -0.25) is 4.79 Å². The van der Waals surface area contributed by atoms with E-state index in [0.717, 1.165) is 31.3 Å². The first-order chi connectivity index (χ1) is 12.6. The van der Waals surface area contributed by atoms with E-state index in [1.807, 2.05) is 6.92 Å². The summed E-state index contributed by atoms with van der Waals surface area (Å²) in [5, 5.41) is -1.19. The fraction of sp³-hybridized carbons (Fsp3) is 0.636. The van der Waals surface area contributed by atoms with Crippen LogP contribution in [0.5, 0.6) is 0 Å². The molecule has 152 valence electrons. The molecule has 0 N–H and O–H groups in total. The summed E-state index contributed by atoms with van der Waals surface area (Å²) in [6, 6.07) is 0. The van der Waals surface area contributed by atoms with Crippen molar-refractivity contribution in [2.75, 3.05) is 6.61 Å². The van der Waals surface area contributed by atoms with Gasteiger partial charge in [0, 0.05) is 12.8 Å². The van der Waals surface area contributed by atoms with Crippen molar-refractivity contribution in [1.29, 1.82) is 0 Å². The molecule has 0 rings (SSSR count). The average molecular weight is 411 g/mol. The SMILES string of the molecule is CCOC(=O)C(Cl)C(=O)CC/C(C)=C/CC/C(C)=C/CCC#C[Si](C)(C)C. The molecular weight excluding hydrogens is 376 g/mol. The number of ether oxygens (including phenoxy) is 1. The molecule has 0 aliphatic rings. The first-order valence-electron chi connectivity index (χ1n) is 9.71. The van der Waals surface area contributed by atoms with Crippen LogP contribution in [0.2, 0.25) is 19.6 Å². The number of hydrogen-bond donors (Lipinski definition) is 0. The summed E-state index contributed by atoms with van der Waals surface area (Å²) in [4.78, 5) is 23.4. The largest absolute Gasteiger partial charge is 0.465 e. The predicted molar refractivity (Wildman–Crippen MR) is 118 cm³/mol. The monoisotopic (exact) mass is 410 g/mol. The molecule has 0 spiro atoms. The molecule has 1 unspecified atom stereocenters. The van der Waals surface area contributed by atoms with Gasteiger partial charge in [-0.15, -0.1) is 23.1 Å². The van der Waals surface area contributed by atoms with E-state index >= 15 is 0 Å². The summed E-state index contributed by atoms with van der Waals surface area (Å²) in [5.74, 6) is 2.36.